The number of benzene rings is 5. The number of hydrogen-bond donors (Lipinski definition) is 1. The lowest BCUT2D eigenvalue weighted by molar-refractivity contribution is 0.0955. The average molecular weight is 668 g/mol. The van der Waals surface area contributed by atoms with Gasteiger partial charge in [-0.3, -0.25) is 9.10 Å². The van der Waals surface area contributed by atoms with E-state index in [-0.39, 0.29) is 22.7 Å². The van der Waals surface area contributed by atoms with Gasteiger partial charge in [-0.1, -0.05) is 83.9 Å². The van der Waals surface area contributed by atoms with Crippen LogP contribution in [0.5, 0.6) is 11.5 Å². The van der Waals surface area contributed by atoms with Crippen LogP contribution >= 0.6 is 11.6 Å². The van der Waals surface area contributed by atoms with Crippen molar-refractivity contribution in [2.24, 2.45) is 5.10 Å². The summed E-state index contributed by atoms with van der Waals surface area (Å²) in [6.07, 6.45) is 1.48. The number of aryl methyl sites for hydroxylation is 1. The minimum absolute atomic E-state index is 0.0279. The van der Waals surface area contributed by atoms with E-state index in [4.69, 9.17) is 21.1 Å². The number of amides is 1. The number of nitrogens with zero attached hydrogens (tertiary/aromatic N) is 2. The third-order valence-corrected chi connectivity index (χ3v) is 9.18. The number of sulfonamides is 1. The lowest BCUT2D eigenvalue weighted by Gasteiger charge is -2.26. The third-order valence-electron chi connectivity index (χ3n) is 7.15. The molecule has 0 saturated carbocycles. The summed E-state index contributed by atoms with van der Waals surface area (Å²) in [6, 6.07) is 35.2. The molecule has 1 N–H and O–H groups in total. The maximum Gasteiger partial charge on any atom is 0.273 e. The van der Waals surface area contributed by atoms with E-state index in [1.807, 2.05) is 44.2 Å². The van der Waals surface area contributed by atoms with Gasteiger partial charge in [0.2, 0.25) is 0 Å². The van der Waals surface area contributed by atoms with Gasteiger partial charge in [0.25, 0.3) is 15.9 Å². The Balaban J connectivity index is 1.38. The molecule has 1 amide bonds. The largest absolute Gasteiger partial charge is 0.490 e. The molecule has 0 saturated heterocycles. The highest BCUT2D eigenvalue weighted by atomic mass is 35.5. The number of hydrogen-bond acceptors (Lipinski definition) is 6. The third kappa shape index (κ3) is 8.58. The Labute approximate surface area is 280 Å². The summed E-state index contributed by atoms with van der Waals surface area (Å²) in [4.78, 5) is 13.6. The van der Waals surface area contributed by atoms with Gasteiger partial charge in [-0.15, -0.1) is 0 Å². The number of carbonyl (C=O) groups is 1. The van der Waals surface area contributed by atoms with Crippen LogP contribution in [-0.2, 0) is 23.2 Å². The topological polar surface area (TPSA) is 97.3 Å². The van der Waals surface area contributed by atoms with Crippen LogP contribution in [0.2, 0.25) is 5.02 Å². The Bertz CT molecular complexity index is 1950. The highest BCUT2D eigenvalue weighted by Gasteiger charge is 2.28. The minimum atomic E-state index is -4.08. The minimum Gasteiger partial charge on any atom is -0.490 e. The van der Waals surface area contributed by atoms with Crippen molar-refractivity contribution in [3.63, 3.8) is 0 Å². The maximum absolute atomic E-state index is 14.0. The van der Waals surface area contributed by atoms with Crippen molar-refractivity contribution < 1.29 is 22.7 Å². The molecule has 0 aliphatic carbocycles. The second-order valence-corrected chi connectivity index (χ2v) is 12.9. The molecule has 0 bridgehead atoms. The van der Waals surface area contributed by atoms with Crippen LogP contribution in [0.4, 0.5) is 5.69 Å². The van der Waals surface area contributed by atoms with Gasteiger partial charge in [0.1, 0.15) is 6.61 Å². The van der Waals surface area contributed by atoms with Crippen molar-refractivity contribution in [1.29, 1.82) is 0 Å². The van der Waals surface area contributed by atoms with Crippen molar-refractivity contribution in [1.82, 2.24) is 5.43 Å². The van der Waals surface area contributed by atoms with Crippen molar-refractivity contribution in [3.05, 3.63) is 154 Å². The standard InChI is InChI=1S/C37H34ClN3O5S/c1-3-45-36-23-30(17-22-35(36)46-26-29-9-5-4-6-10-29)24-39-40-37(42)33-11-7-8-12-34(33)41(25-28-15-18-31(38)19-16-28)47(43,44)32-20-13-27(2)14-21-32/h4-24H,3,25-26H2,1-2H3,(H,40,42)/b39-24-. The summed E-state index contributed by atoms with van der Waals surface area (Å²) in [5.74, 6) is 0.550. The Morgan fingerprint density at radius 3 is 2.26 bits per heavy atom. The van der Waals surface area contributed by atoms with Crippen molar-refractivity contribution in [2.45, 2.75) is 31.9 Å². The normalized spacial score (nSPS) is 11.3. The SMILES string of the molecule is CCOc1cc(/C=N\NC(=O)c2ccccc2N(Cc2ccc(Cl)cc2)S(=O)(=O)c2ccc(C)cc2)ccc1OCc1ccccc1. The number of carbonyl (C=O) groups excluding carboxylic acids is 1. The smallest absolute Gasteiger partial charge is 0.273 e. The van der Waals surface area contributed by atoms with E-state index in [0.717, 1.165) is 11.1 Å². The molecule has 10 heteroatoms. The van der Waals surface area contributed by atoms with E-state index in [1.165, 1.54) is 10.5 Å². The quantitative estimate of drug-likeness (QED) is 0.102. The van der Waals surface area contributed by atoms with E-state index in [9.17, 15) is 13.2 Å². The molecule has 5 rings (SSSR count). The molecule has 240 valence electrons. The first-order chi connectivity index (χ1) is 22.7. The van der Waals surface area contributed by atoms with Gasteiger partial charge in [-0.05, 0) is 85.1 Å². The Morgan fingerprint density at radius 2 is 1.53 bits per heavy atom. The lowest BCUT2D eigenvalue weighted by Crippen LogP contribution is -2.33. The Hall–Kier alpha value is -5.12. The molecule has 0 aromatic heterocycles. The van der Waals surface area contributed by atoms with Crippen LogP contribution in [-0.4, -0.2) is 27.1 Å². The molecular formula is C37H34ClN3O5S. The van der Waals surface area contributed by atoms with Gasteiger partial charge in [0.15, 0.2) is 11.5 Å². The molecule has 5 aromatic rings. The first kappa shape index (κ1) is 33.2. The number of anilines is 1. The fraction of sp³-hybridized carbons (Fsp3) is 0.135. The van der Waals surface area contributed by atoms with Gasteiger partial charge in [-0.2, -0.15) is 5.10 Å². The van der Waals surface area contributed by atoms with Crippen LogP contribution in [0, 0.1) is 6.92 Å². The predicted molar refractivity (Wildman–Crippen MR) is 186 cm³/mol. The van der Waals surface area contributed by atoms with Crippen LogP contribution in [0.25, 0.3) is 0 Å². The molecule has 5 aromatic carbocycles. The first-order valence-corrected chi connectivity index (χ1v) is 16.8. The number of rotatable bonds is 13. The van der Waals surface area contributed by atoms with E-state index in [2.05, 4.69) is 10.5 Å². The van der Waals surface area contributed by atoms with Crippen molar-refractivity contribution in [3.8, 4) is 11.5 Å². The van der Waals surface area contributed by atoms with Gasteiger partial charge in [0.05, 0.1) is 35.5 Å². The first-order valence-electron chi connectivity index (χ1n) is 14.9. The van der Waals surface area contributed by atoms with Crippen molar-refractivity contribution >= 4 is 39.4 Å². The molecule has 0 atom stereocenters. The Kier molecular flexibility index (Phi) is 10.9. The van der Waals surface area contributed by atoms with E-state index >= 15 is 0 Å². The van der Waals surface area contributed by atoms with Gasteiger partial charge in [0, 0.05) is 5.02 Å². The zero-order chi connectivity index (χ0) is 33.2. The second kappa shape index (κ2) is 15.4. The lowest BCUT2D eigenvalue weighted by atomic mass is 10.1. The molecule has 0 aliphatic heterocycles. The zero-order valence-electron chi connectivity index (χ0n) is 26.0. The van der Waals surface area contributed by atoms with Crippen molar-refractivity contribution in [2.75, 3.05) is 10.9 Å². The molecule has 47 heavy (non-hydrogen) atoms. The van der Waals surface area contributed by atoms with E-state index < -0.39 is 15.9 Å². The van der Waals surface area contributed by atoms with E-state index in [0.29, 0.717) is 40.9 Å². The molecule has 0 aliphatic rings. The number of para-hydroxylation sites is 1. The number of nitrogens with one attached hydrogen (secondary N) is 1. The summed E-state index contributed by atoms with van der Waals surface area (Å²) in [5.41, 5.74) is 6.20. The average Bonchev–Trinajstić information content (AvgIpc) is 3.08. The maximum atomic E-state index is 14.0. The molecule has 8 nitrogen and oxygen atoms in total. The molecule has 0 unspecified atom stereocenters. The number of ether oxygens (including phenoxy) is 2. The summed E-state index contributed by atoms with van der Waals surface area (Å²) in [6.45, 7) is 4.56. The fourth-order valence-electron chi connectivity index (χ4n) is 4.73. The van der Waals surface area contributed by atoms with Gasteiger partial charge in [-0.25, -0.2) is 13.8 Å². The number of halogens is 1. The molecule has 0 spiro atoms. The van der Waals surface area contributed by atoms with Crippen LogP contribution in [0.1, 0.15) is 39.5 Å². The summed E-state index contributed by atoms with van der Waals surface area (Å²) >= 11 is 6.08. The van der Waals surface area contributed by atoms with Crippen LogP contribution in [0.15, 0.2) is 131 Å². The zero-order valence-corrected chi connectivity index (χ0v) is 27.5. The van der Waals surface area contributed by atoms with Crippen LogP contribution in [0.3, 0.4) is 0 Å². The fourth-order valence-corrected chi connectivity index (χ4v) is 6.33. The predicted octanol–water partition coefficient (Wildman–Crippen LogP) is 7.79. The van der Waals surface area contributed by atoms with Crippen LogP contribution < -0.4 is 19.2 Å². The highest BCUT2D eigenvalue weighted by Crippen LogP contribution is 2.31. The Morgan fingerprint density at radius 1 is 0.830 bits per heavy atom. The summed E-state index contributed by atoms with van der Waals surface area (Å²) in [7, 11) is -4.08. The van der Waals surface area contributed by atoms with E-state index in [1.54, 1.807) is 91.0 Å². The van der Waals surface area contributed by atoms with Gasteiger partial charge < -0.3 is 9.47 Å². The molecule has 0 radical (unpaired) electrons. The summed E-state index contributed by atoms with van der Waals surface area (Å²) < 4.78 is 41.1. The highest BCUT2D eigenvalue weighted by molar-refractivity contribution is 7.92. The molecule has 0 heterocycles. The summed E-state index contributed by atoms with van der Waals surface area (Å²) in [5, 5.41) is 4.69. The number of hydrazone groups is 1. The molecule has 0 fully saturated rings. The second-order valence-electron chi connectivity index (χ2n) is 10.6. The monoisotopic (exact) mass is 667 g/mol. The molecular weight excluding hydrogens is 634 g/mol. The van der Waals surface area contributed by atoms with Gasteiger partial charge >= 0.3 is 0 Å².